The van der Waals surface area contributed by atoms with E-state index in [1.165, 1.54) is 30.0 Å². The number of guanidine groups is 1. The monoisotopic (exact) mass is 543 g/mol. The van der Waals surface area contributed by atoms with Crippen molar-refractivity contribution in [3.8, 4) is 0 Å². The second-order valence-corrected chi connectivity index (χ2v) is 8.31. The number of benzene rings is 1. The highest BCUT2D eigenvalue weighted by Gasteiger charge is 2.19. The Morgan fingerprint density at radius 2 is 2.00 bits per heavy atom. The molecule has 1 aliphatic heterocycles. The Labute approximate surface area is 199 Å². The molecule has 1 aromatic carbocycles. The molecule has 164 valence electrons. The number of nitrogens with zero attached hydrogens (tertiary/aromatic N) is 3. The SMILES string of the molecule is CCCN1CCC(NC(=NCc2ccc([N+](=O)[O-])cc2)NCc2cccs2)CC1.I. The molecular formula is C21H30IN5O2S. The summed E-state index contributed by atoms with van der Waals surface area (Å²) in [7, 11) is 0. The van der Waals surface area contributed by atoms with Crippen molar-refractivity contribution in [2.45, 2.75) is 45.3 Å². The number of halogens is 1. The first-order valence-electron chi connectivity index (χ1n) is 10.2. The van der Waals surface area contributed by atoms with Crippen molar-refractivity contribution in [1.82, 2.24) is 15.5 Å². The van der Waals surface area contributed by atoms with Crippen LogP contribution in [0.4, 0.5) is 5.69 Å². The highest BCUT2D eigenvalue weighted by molar-refractivity contribution is 14.0. The Morgan fingerprint density at radius 3 is 2.60 bits per heavy atom. The zero-order valence-electron chi connectivity index (χ0n) is 17.3. The minimum Gasteiger partial charge on any atom is -0.354 e. The number of hydrogen-bond donors (Lipinski definition) is 2. The van der Waals surface area contributed by atoms with Gasteiger partial charge in [0.15, 0.2) is 5.96 Å². The van der Waals surface area contributed by atoms with Crippen molar-refractivity contribution in [2.24, 2.45) is 4.99 Å². The average Bonchev–Trinajstić information content (AvgIpc) is 3.25. The van der Waals surface area contributed by atoms with Crippen LogP contribution >= 0.6 is 35.3 Å². The summed E-state index contributed by atoms with van der Waals surface area (Å²) in [5, 5.41) is 19.9. The lowest BCUT2D eigenvalue weighted by Gasteiger charge is -2.32. The molecule has 0 unspecified atom stereocenters. The number of nitrogens with one attached hydrogen (secondary N) is 2. The van der Waals surface area contributed by atoms with Gasteiger partial charge in [-0.2, -0.15) is 0 Å². The minimum atomic E-state index is -0.381. The van der Waals surface area contributed by atoms with Gasteiger partial charge in [-0.1, -0.05) is 25.1 Å². The maximum Gasteiger partial charge on any atom is 0.269 e. The third kappa shape index (κ3) is 7.84. The van der Waals surface area contributed by atoms with Gasteiger partial charge in [0, 0.05) is 36.1 Å². The molecular weight excluding hydrogens is 513 g/mol. The van der Waals surface area contributed by atoms with Crippen LogP contribution in [0.25, 0.3) is 0 Å². The predicted octanol–water partition coefficient (Wildman–Crippen LogP) is 4.38. The van der Waals surface area contributed by atoms with E-state index in [9.17, 15) is 10.1 Å². The molecule has 0 saturated carbocycles. The number of piperidine rings is 1. The summed E-state index contributed by atoms with van der Waals surface area (Å²) in [6.07, 6.45) is 3.41. The Balaban J connectivity index is 0.00000320. The van der Waals surface area contributed by atoms with Gasteiger partial charge in [0.1, 0.15) is 0 Å². The molecule has 1 aromatic heterocycles. The average molecular weight is 543 g/mol. The molecule has 9 heteroatoms. The summed E-state index contributed by atoms with van der Waals surface area (Å²) in [5.41, 5.74) is 1.05. The first kappa shape index (κ1) is 24.5. The quantitative estimate of drug-likeness (QED) is 0.170. The van der Waals surface area contributed by atoms with Gasteiger partial charge in [-0.25, -0.2) is 4.99 Å². The lowest BCUT2D eigenvalue weighted by molar-refractivity contribution is -0.384. The standard InChI is InChI=1S/C21H29N5O2S.HI/c1-2-11-25-12-9-18(10-13-25)24-21(23-16-20-4-3-14-29-20)22-15-17-5-7-19(8-6-17)26(27)28;/h3-8,14,18H,2,9-13,15-16H2,1H3,(H2,22,23,24);1H. The summed E-state index contributed by atoms with van der Waals surface area (Å²) >= 11 is 1.72. The molecule has 0 bridgehead atoms. The van der Waals surface area contributed by atoms with Crippen molar-refractivity contribution < 1.29 is 4.92 Å². The van der Waals surface area contributed by atoms with Crippen LogP contribution < -0.4 is 10.6 Å². The van der Waals surface area contributed by atoms with Crippen LogP contribution in [0.15, 0.2) is 46.8 Å². The molecule has 30 heavy (non-hydrogen) atoms. The Kier molecular flexibility index (Phi) is 10.5. The highest BCUT2D eigenvalue weighted by Crippen LogP contribution is 2.14. The largest absolute Gasteiger partial charge is 0.354 e. The normalized spacial score (nSPS) is 15.4. The second-order valence-electron chi connectivity index (χ2n) is 7.28. The molecule has 7 nitrogen and oxygen atoms in total. The number of aliphatic imine (C=N–C) groups is 1. The lowest BCUT2D eigenvalue weighted by Crippen LogP contribution is -2.48. The molecule has 2 N–H and O–H groups in total. The Morgan fingerprint density at radius 1 is 1.27 bits per heavy atom. The summed E-state index contributed by atoms with van der Waals surface area (Å²) in [4.78, 5) is 18.9. The molecule has 2 aromatic rings. The molecule has 1 aliphatic rings. The zero-order valence-corrected chi connectivity index (χ0v) is 20.4. The van der Waals surface area contributed by atoms with Crippen LogP contribution in [-0.2, 0) is 13.1 Å². The van der Waals surface area contributed by atoms with Gasteiger partial charge in [-0.15, -0.1) is 35.3 Å². The van der Waals surface area contributed by atoms with E-state index in [4.69, 9.17) is 4.99 Å². The lowest BCUT2D eigenvalue weighted by atomic mass is 10.1. The summed E-state index contributed by atoms with van der Waals surface area (Å²) in [6, 6.07) is 11.2. The summed E-state index contributed by atoms with van der Waals surface area (Å²) in [5.74, 6) is 0.797. The van der Waals surface area contributed by atoms with Crippen LogP contribution in [0, 0.1) is 10.1 Å². The third-order valence-corrected chi connectivity index (χ3v) is 5.92. The van der Waals surface area contributed by atoms with E-state index in [2.05, 4.69) is 33.9 Å². The number of thiophene rings is 1. The highest BCUT2D eigenvalue weighted by atomic mass is 127. The number of likely N-dealkylation sites (tertiary alicyclic amines) is 1. The molecule has 3 rings (SSSR count). The van der Waals surface area contributed by atoms with Gasteiger partial charge >= 0.3 is 0 Å². The number of rotatable bonds is 8. The first-order chi connectivity index (χ1) is 14.1. The van der Waals surface area contributed by atoms with Crippen molar-refractivity contribution in [3.05, 3.63) is 62.3 Å². The smallest absolute Gasteiger partial charge is 0.269 e. The van der Waals surface area contributed by atoms with E-state index >= 15 is 0 Å². The van der Waals surface area contributed by atoms with Gasteiger partial charge in [-0.05, 0) is 42.8 Å². The van der Waals surface area contributed by atoms with Gasteiger partial charge in [0.2, 0.25) is 0 Å². The van der Waals surface area contributed by atoms with E-state index in [0.717, 1.165) is 44.0 Å². The number of hydrogen-bond acceptors (Lipinski definition) is 5. The first-order valence-corrected chi connectivity index (χ1v) is 11.0. The predicted molar refractivity (Wildman–Crippen MR) is 134 cm³/mol. The maximum atomic E-state index is 10.8. The van der Waals surface area contributed by atoms with Crippen LogP contribution in [0.5, 0.6) is 0 Å². The summed E-state index contributed by atoms with van der Waals surface area (Å²) < 4.78 is 0. The fourth-order valence-electron chi connectivity index (χ4n) is 3.44. The molecule has 0 radical (unpaired) electrons. The molecule has 1 saturated heterocycles. The zero-order chi connectivity index (χ0) is 20.5. The van der Waals surface area contributed by atoms with E-state index in [-0.39, 0.29) is 34.6 Å². The van der Waals surface area contributed by atoms with Crippen LogP contribution in [0.2, 0.25) is 0 Å². The molecule has 2 heterocycles. The summed E-state index contributed by atoms with van der Waals surface area (Å²) in [6.45, 7) is 6.84. The van der Waals surface area contributed by atoms with Crippen LogP contribution in [0.1, 0.15) is 36.6 Å². The minimum absolute atomic E-state index is 0. The molecule has 0 aliphatic carbocycles. The molecule has 1 fully saturated rings. The molecule has 0 atom stereocenters. The Hall–Kier alpha value is -1.72. The molecule has 0 amide bonds. The fraction of sp³-hybridized carbons (Fsp3) is 0.476. The van der Waals surface area contributed by atoms with Gasteiger partial charge in [-0.3, -0.25) is 10.1 Å². The van der Waals surface area contributed by atoms with E-state index in [1.807, 2.05) is 6.07 Å². The molecule has 0 spiro atoms. The fourth-order valence-corrected chi connectivity index (χ4v) is 4.09. The van der Waals surface area contributed by atoms with Crippen molar-refractivity contribution in [2.75, 3.05) is 19.6 Å². The number of nitro groups is 1. The van der Waals surface area contributed by atoms with Crippen molar-refractivity contribution in [3.63, 3.8) is 0 Å². The van der Waals surface area contributed by atoms with E-state index in [0.29, 0.717) is 12.6 Å². The number of nitro benzene ring substituents is 1. The van der Waals surface area contributed by atoms with Crippen molar-refractivity contribution >= 4 is 47.0 Å². The van der Waals surface area contributed by atoms with Crippen LogP contribution in [0.3, 0.4) is 0 Å². The second kappa shape index (κ2) is 12.9. The maximum absolute atomic E-state index is 10.8. The van der Waals surface area contributed by atoms with Gasteiger partial charge < -0.3 is 15.5 Å². The third-order valence-electron chi connectivity index (χ3n) is 5.05. The van der Waals surface area contributed by atoms with E-state index < -0.39 is 0 Å². The van der Waals surface area contributed by atoms with Crippen molar-refractivity contribution in [1.29, 1.82) is 0 Å². The van der Waals surface area contributed by atoms with Crippen LogP contribution in [-0.4, -0.2) is 41.5 Å². The van der Waals surface area contributed by atoms with Gasteiger partial charge in [0.05, 0.1) is 18.0 Å². The topological polar surface area (TPSA) is 82.8 Å². The number of non-ortho nitro benzene ring substituents is 1. The Bertz CT molecular complexity index is 790. The van der Waals surface area contributed by atoms with Gasteiger partial charge in [0.25, 0.3) is 5.69 Å². The van der Waals surface area contributed by atoms with E-state index in [1.54, 1.807) is 23.5 Å².